The summed E-state index contributed by atoms with van der Waals surface area (Å²) in [5, 5.41) is 3.83. The van der Waals surface area contributed by atoms with Gasteiger partial charge in [0.25, 0.3) is 5.89 Å². The summed E-state index contributed by atoms with van der Waals surface area (Å²) in [6.07, 6.45) is 2.94. The van der Waals surface area contributed by atoms with Crippen LogP contribution in [0.15, 0.2) is 35.1 Å². The molecule has 100 valence electrons. The Labute approximate surface area is 113 Å². The predicted molar refractivity (Wildman–Crippen MR) is 69.9 cm³/mol. The maximum absolute atomic E-state index is 13.3. The molecular formula is C13H10FN5O. The second-order valence-electron chi connectivity index (χ2n) is 4.17. The van der Waals surface area contributed by atoms with Gasteiger partial charge in [0, 0.05) is 18.0 Å². The van der Waals surface area contributed by atoms with Gasteiger partial charge in [-0.2, -0.15) is 4.98 Å². The van der Waals surface area contributed by atoms with E-state index < -0.39 is 0 Å². The highest BCUT2D eigenvalue weighted by Crippen LogP contribution is 2.25. The van der Waals surface area contributed by atoms with Crippen molar-refractivity contribution in [3.63, 3.8) is 0 Å². The van der Waals surface area contributed by atoms with E-state index in [4.69, 9.17) is 10.3 Å². The number of hydrogen-bond donors (Lipinski definition) is 1. The van der Waals surface area contributed by atoms with E-state index >= 15 is 0 Å². The molecular weight excluding hydrogens is 261 g/mol. The molecule has 0 aliphatic carbocycles. The average molecular weight is 271 g/mol. The largest absolute Gasteiger partial charge is 0.382 e. The van der Waals surface area contributed by atoms with Gasteiger partial charge in [-0.1, -0.05) is 11.2 Å². The van der Waals surface area contributed by atoms with Crippen molar-refractivity contribution >= 4 is 5.82 Å². The number of hydrogen-bond acceptors (Lipinski definition) is 6. The van der Waals surface area contributed by atoms with Crippen molar-refractivity contribution in [1.82, 2.24) is 20.1 Å². The molecule has 3 rings (SSSR count). The van der Waals surface area contributed by atoms with Crippen LogP contribution < -0.4 is 5.73 Å². The molecule has 0 amide bonds. The van der Waals surface area contributed by atoms with E-state index in [0.717, 1.165) is 5.56 Å². The van der Waals surface area contributed by atoms with Crippen LogP contribution in [0, 0.1) is 12.7 Å². The maximum atomic E-state index is 13.3. The molecule has 1 aromatic carbocycles. The summed E-state index contributed by atoms with van der Waals surface area (Å²) in [6, 6.07) is 4.38. The van der Waals surface area contributed by atoms with E-state index in [9.17, 15) is 4.39 Å². The van der Waals surface area contributed by atoms with Crippen LogP contribution in [-0.4, -0.2) is 20.1 Å². The van der Waals surface area contributed by atoms with Crippen LogP contribution in [0.2, 0.25) is 0 Å². The summed E-state index contributed by atoms with van der Waals surface area (Å²) in [6.45, 7) is 1.83. The summed E-state index contributed by atoms with van der Waals surface area (Å²) in [7, 11) is 0. The van der Waals surface area contributed by atoms with Gasteiger partial charge in [-0.3, -0.25) is 0 Å². The summed E-state index contributed by atoms with van der Waals surface area (Å²) in [5.41, 5.74) is 7.40. The number of halogens is 1. The molecule has 2 N–H and O–H groups in total. The van der Waals surface area contributed by atoms with Crippen LogP contribution in [0.4, 0.5) is 10.2 Å². The Morgan fingerprint density at radius 3 is 2.80 bits per heavy atom. The van der Waals surface area contributed by atoms with Gasteiger partial charge in [-0.05, 0) is 24.6 Å². The second kappa shape index (κ2) is 4.69. The number of aryl methyl sites for hydroxylation is 1. The minimum atomic E-state index is -0.365. The fourth-order valence-corrected chi connectivity index (χ4v) is 1.78. The third-order valence-electron chi connectivity index (χ3n) is 2.80. The first kappa shape index (κ1) is 12.2. The second-order valence-corrected chi connectivity index (χ2v) is 4.17. The van der Waals surface area contributed by atoms with E-state index in [1.54, 1.807) is 6.07 Å². The zero-order valence-electron chi connectivity index (χ0n) is 10.5. The number of anilines is 1. The highest BCUT2D eigenvalue weighted by atomic mass is 19.1. The van der Waals surface area contributed by atoms with E-state index in [1.165, 1.54) is 24.5 Å². The minimum absolute atomic E-state index is 0.147. The topological polar surface area (TPSA) is 90.7 Å². The standard InChI is InChI=1S/C13H10FN5O/c1-7-2-3-8(14)6-9(7)12-18-13(20-19-12)10-11(15)17-5-4-16-10/h2-6H,1H3,(H2,15,17). The number of nitrogens with zero attached hydrogens (tertiary/aromatic N) is 4. The minimum Gasteiger partial charge on any atom is -0.382 e. The van der Waals surface area contributed by atoms with Crippen molar-refractivity contribution in [3.8, 4) is 23.0 Å². The van der Waals surface area contributed by atoms with Gasteiger partial charge in [0.15, 0.2) is 11.5 Å². The number of rotatable bonds is 2. The van der Waals surface area contributed by atoms with Crippen LogP contribution in [0.5, 0.6) is 0 Å². The van der Waals surface area contributed by atoms with Gasteiger partial charge in [-0.15, -0.1) is 0 Å². The zero-order valence-corrected chi connectivity index (χ0v) is 10.5. The molecule has 0 unspecified atom stereocenters. The van der Waals surface area contributed by atoms with E-state index in [-0.39, 0.29) is 23.4 Å². The molecule has 7 heteroatoms. The van der Waals surface area contributed by atoms with Crippen LogP contribution in [-0.2, 0) is 0 Å². The van der Waals surface area contributed by atoms with E-state index in [0.29, 0.717) is 11.3 Å². The molecule has 0 atom stereocenters. The van der Waals surface area contributed by atoms with Crippen LogP contribution in [0.25, 0.3) is 23.0 Å². The zero-order chi connectivity index (χ0) is 14.1. The Morgan fingerprint density at radius 2 is 2.00 bits per heavy atom. The van der Waals surface area contributed by atoms with Crippen LogP contribution >= 0.6 is 0 Å². The van der Waals surface area contributed by atoms with Gasteiger partial charge < -0.3 is 10.3 Å². The molecule has 2 heterocycles. The predicted octanol–water partition coefficient (Wildman–Crippen LogP) is 2.22. The Hall–Kier alpha value is -2.83. The molecule has 0 aliphatic heterocycles. The molecule has 3 aromatic rings. The number of aromatic nitrogens is 4. The molecule has 0 saturated carbocycles. The Bertz CT molecular complexity index is 771. The number of nitrogen functional groups attached to an aromatic ring is 1. The molecule has 0 spiro atoms. The Kier molecular flexibility index (Phi) is 2.86. The SMILES string of the molecule is Cc1ccc(F)cc1-c1noc(-c2nccnc2N)n1. The monoisotopic (exact) mass is 271 g/mol. The molecule has 0 saturated heterocycles. The van der Waals surface area contributed by atoms with Crippen molar-refractivity contribution in [3.05, 3.63) is 42.0 Å². The lowest BCUT2D eigenvalue weighted by molar-refractivity contribution is 0.431. The summed E-state index contributed by atoms with van der Waals surface area (Å²) in [4.78, 5) is 12.1. The Balaban J connectivity index is 2.07. The van der Waals surface area contributed by atoms with Gasteiger partial charge in [0.1, 0.15) is 5.82 Å². The molecule has 0 aliphatic rings. The van der Waals surface area contributed by atoms with Crippen LogP contribution in [0.1, 0.15) is 5.56 Å². The molecule has 0 radical (unpaired) electrons. The fourth-order valence-electron chi connectivity index (χ4n) is 1.78. The van der Waals surface area contributed by atoms with Gasteiger partial charge in [0.2, 0.25) is 5.82 Å². The van der Waals surface area contributed by atoms with E-state index in [1.807, 2.05) is 6.92 Å². The smallest absolute Gasteiger partial charge is 0.280 e. The third kappa shape index (κ3) is 2.09. The first-order valence-corrected chi connectivity index (χ1v) is 5.82. The molecule has 0 bridgehead atoms. The highest BCUT2D eigenvalue weighted by Gasteiger charge is 2.16. The van der Waals surface area contributed by atoms with Crippen molar-refractivity contribution in [2.75, 3.05) is 5.73 Å². The molecule has 2 aromatic heterocycles. The van der Waals surface area contributed by atoms with Crippen molar-refractivity contribution in [1.29, 1.82) is 0 Å². The quantitative estimate of drug-likeness (QED) is 0.768. The lowest BCUT2D eigenvalue weighted by Gasteiger charge is -1.99. The first-order chi connectivity index (χ1) is 9.65. The van der Waals surface area contributed by atoms with Gasteiger partial charge in [0.05, 0.1) is 0 Å². The number of nitrogens with two attached hydrogens (primary N) is 1. The fraction of sp³-hybridized carbons (Fsp3) is 0.0769. The third-order valence-corrected chi connectivity index (χ3v) is 2.80. The lowest BCUT2D eigenvalue weighted by Crippen LogP contribution is -1.96. The molecule has 20 heavy (non-hydrogen) atoms. The molecule has 0 fully saturated rings. The van der Waals surface area contributed by atoms with Crippen LogP contribution in [0.3, 0.4) is 0 Å². The van der Waals surface area contributed by atoms with Gasteiger partial charge in [-0.25, -0.2) is 14.4 Å². The van der Waals surface area contributed by atoms with Crippen molar-refractivity contribution < 1.29 is 8.91 Å². The summed E-state index contributed by atoms with van der Waals surface area (Å²) < 4.78 is 18.4. The summed E-state index contributed by atoms with van der Waals surface area (Å²) >= 11 is 0. The van der Waals surface area contributed by atoms with Gasteiger partial charge >= 0.3 is 0 Å². The Morgan fingerprint density at radius 1 is 1.20 bits per heavy atom. The van der Waals surface area contributed by atoms with Crippen molar-refractivity contribution in [2.24, 2.45) is 0 Å². The highest BCUT2D eigenvalue weighted by molar-refractivity contribution is 5.65. The summed E-state index contributed by atoms with van der Waals surface area (Å²) in [5.74, 6) is 0.256. The van der Waals surface area contributed by atoms with Crippen molar-refractivity contribution in [2.45, 2.75) is 6.92 Å². The number of benzene rings is 1. The lowest BCUT2D eigenvalue weighted by atomic mass is 10.1. The molecule has 6 nitrogen and oxygen atoms in total. The first-order valence-electron chi connectivity index (χ1n) is 5.82. The average Bonchev–Trinajstić information content (AvgIpc) is 2.91. The normalized spacial score (nSPS) is 10.7. The van der Waals surface area contributed by atoms with E-state index in [2.05, 4.69) is 20.1 Å². The maximum Gasteiger partial charge on any atom is 0.280 e.